The van der Waals surface area contributed by atoms with Crippen LogP contribution in [-0.2, 0) is 9.53 Å². The van der Waals surface area contributed by atoms with Crippen LogP contribution in [-0.4, -0.2) is 68.1 Å². The summed E-state index contributed by atoms with van der Waals surface area (Å²) in [6.07, 6.45) is -8.53. The Kier molecular flexibility index (Phi) is 7.03. The number of rotatable bonds is 3. The Morgan fingerprint density at radius 3 is 2.37 bits per heavy atom. The minimum atomic E-state index is -1.80. The number of hydrogen-bond donors (Lipinski definition) is 4. The minimum Gasteiger partial charge on any atom is -0.479 e. The highest BCUT2D eigenvalue weighted by molar-refractivity contribution is 5.78. The number of benzene rings is 1. The molecule has 0 bridgehead atoms. The molecule has 1 fully saturated rings. The second-order valence-electron chi connectivity index (χ2n) is 5.77. The summed E-state index contributed by atoms with van der Waals surface area (Å²) in [5.74, 6) is -1.39. The predicted octanol–water partition coefficient (Wildman–Crippen LogP) is -2.28. The number of carbonyl (C=O) groups is 1. The van der Waals surface area contributed by atoms with Crippen molar-refractivity contribution < 1.29 is 50.1 Å². The number of fused-ring (bicyclic) bond motifs is 1. The summed E-state index contributed by atoms with van der Waals surface area (Å²) in [6, 6.07) is 6.12. The first-order valence-electron chi connectivity index (χ1n) is 7.41. The molecule has 11 nitrogen and oxygen atoms in total. The van der Waals surface area contributed by atoms with Crippen molar-refractivity contribution in [3.05, 3.63) is 40.2 Å². The number of hydrogen-bond acceptors (Lipinski definition) is 8. The smallest absolute Gasteiger partial charge is 0.339 e. The molecule has 0 amide bonds. The van der Waals surface area contributed by atoms with Gasteiger partial charge in [-0.05, 0) is 25.1 Å². The molecule has 150 valence electrons. The largest absolute Gasteiger partial charge is 0.479 e. The molecule has 11 heteroatoms. The van der Waals surface area contributed by atoms with Gasteiger partial charge in [0.25, 0.3) is 0 Å². The van der Waals surface area contributed by atoms with Crippen molar-refractivity contribution in [1.82, 2.24) is 0 Å². The molecule has 5 atom stereocenters. The molecule has 3 rings (SSSR count). The molecule has 1 aliphatic heterocycles. The van der Waals surface area contributed by atoms with Gasteiger partial charge in [-0.1, -0.05) is 0 Å². The van der Waals surface area contributed by atoms with Crippen molar-refractivity contribution in [2.75, 3.05) is 0 Å². The molecule has 1 saturated heterocycles. The van der Waals surface area contributed by atoms with E-state index in [2.05, 4.69) is 0 Å². The first-order valence-corrected chi connectivity index (χ1v) is 7.41. The van der Waals surface area contributed by atoms with Gasteiger partial charge in [0, 0.05) is 17.0 Å². The van der Waals surface area contributed by atoms with E-state index >= 15 is 0 Å². The Balaban J connectivity index is 0.00000182. The van der Waals surface area contributed by atoms with Gasteiger partial charge in [-0.2, -0.15) is 0 Å². The van der Waals surface area contributed by atoms with Gasteiger partial charge in [0.1, 0.15) is 29.6 Å². The topological polar surface area (TPSA) is 210 Å². The van der Waals surface area contributed by atoms with Crippen LogP contribution in [0.2, 0.25) is 0 Å². The molecule has 0 radical (unpaired) electrons. The fourth-order valence-electron chi connectivity index (χ4n) is 2.55. The van der Waals surface area contributed by atoms with Crippen molar-refractivity contribution in [3.8, 4) is 5.75 Å². The fourth-order valence-corrected chi connectivity index (χ4v) is 2.55. The van der Waals surface area contributed by atoms with Crippen LogP contribution in [0, 0.1) is 6.92 Å². The van der Waals surface area contributed by atoms with Gasteiger partial charge in [0.15, 0.2) is 6.10 Å². The van der Waals surface area contributed by atoms with E-state index in [0.29, 0.717) is 10.9 Å². The zero-order valence-corrected chi connectivity index (χ0v) is 14.0. The second-order valence-corrected chi connectivity index (χ2v) is 5.77. The van der Waals surface area contributed by atoms with E-state index < -0.39 is 42.3 Å². The van der Waals surface area contributed by atoms with Crippen molar-refractivity contribution in [2.24, 2.45) is 0 Å². The maximum absolute atomic E-state index is 11.6. The molecule has 27 heavy (non-hydrogen) atoms. The van der Waals surface area contributed by atoms with Gasteiger partial charge >= 0.3 is 11.6 Å². The van der Waals surface area contributed by atoms with E-state index in [0.717, 1.165) is 0 Å². The van der Waals surface area contributed by atoms with Gasteiger partial charge in [0.2, 0.25) is 6.29 Å². The SMILES string of the molecule is Cc1cc2ccc(O[C@@H]3O[C@H](C(=O)O)[C@@H](O)[C@H](O)[C@H]3O)cc2oc1=O.O.O. The van der Waals surface area contributed by atoms with E-state index in [1.54, 1.807) is 19.1 Å². The number of carboxylic acids is 1. The third kappa shape index (κ3) is 4.24. The average molecular weight is 388 g/mol. The van der Waals surface area contributed by atoms with E-state index in [4.69, 9.17) is 19.0 Å². The third-order valence-electron chi connectivity index (χ3n) is 3.95. The predicted molar refractivity (Wildman–Crippen MR) is 89.4 cm³/mol. The molecule has 1 aliphatic rings. The molecular formula is C16H20O11. The molecule has 2 heterocycles. The highest BCUT2D eigenvalue weighted by atomic mass is 16.7. The van der Waals surface area contributed by atoms with Crippen molar-refractivity contribution >= 4 is 16.9 Å². The number of aliphatic hydroxyl groups excluding tert-OH is 3. The monoisotopic (exact) mass is 388 g/mol. The molecule has 2 aromatic rings. The van der Waals surface area contributed by atoms with E-state index in [-0.39, 0.29) is 22.3 Å². The van der Waals surface area contributed by atoms with Crippen LogP contribution in [0.1, 0.15) is 5.56 Å². The number of aliphatic hydroxyl groups is 3. The van der Waals surface area contributed by atoms with Crippen LogP contribution in [0.25, 0.3) is 11.0 Å². The van der Waals surface area contributed by atoms with Gasteiger partial charge in [-0.15, -0.1) is 0 Å². The maximum atomic E-state index is 11.6. The number of carboxylic acid groups (broad SMARTS) is 1. The van der Waals surface area contributed by atoms with Gasteiger partial charge in [-0.25, -0.2) is 9.59 Å². The first kappa shape index (κ1) is 22.5. The number of aliphatic carboxylic acids is 1. The van der Waals surface area contributed by atoms with Crippen LogP contribution >= 0.6 is 0 Å². The zero-order valence-electron chi connectivity index (χ0n) is 14.0. The van der Waals surface area contributed by atoms with Crippen LogP contribution in [0.15, 0.2) is 33.5 Å². The summed E-state index contributed by atoms with van der Waals surface area (Å²) in [7, 11) is 0. The number of ether oxygens (including phenoxy) is 2. The lowest BCUT2D eigenvalue weighted by Gasteiger charge is -2.38. The lowest BCUT2D eigenvalue weighted by molar-refractivity contribution is -0.271. The molecular weight excluding hydrogens is 368 g/mol. The van der Waals surface area contributed by atoms with Crippen LogP contribution in [0.5, 0.6) is 5.75 Å². The molecule has 1 aromatic carbocycles. The van der Waals surface area contributed by atoms with Crippen LogP contribution in [0.3, 0.4) is 0 Å². The Hall–Kier alpha value is -2.54. The van der Waals surface area contributed by atoms with Crippen molar-refractivity contribution in [3.63, 3.8) is 0 Å². The molecule has 8 N–H and O–H groups in total. The molecule has 1 aromatic heterocycles. The lowest BCUT2D eigenvalue weighted by atomic mass is 9.99. The Bertz CT molecular complexity index is 861. The minimum absolute atomic E-state index is 0. The zero-order chi connectivity index (χ0) is 18.3. The van der Waals surface area contributed by atoms with E-state index in [1.165, 1.54) is 12.1 Å². The highest BCUT2D eigenvalue weighted by Gasteiger charge is 2.48. The van der Waals surface area contributed by atoms with Gasteiger partial charge < -0.3 is 45.3 Å². The van der Waals surface area contributed by atoms with Crippen LogP contribution in [0.4, 0.5) is 0 Å². The molecule has 0 unspecified atom stereocenters. The summed E-state index contributed by atoms with van der Waals surface area (Å²) < 4.78 is 15.5. The van der Waals surface area contributed by atoms with E-state index in [1.807, 2.05) is 0 Å². The summed E-state index contributed by atoms with van der Waals surface area (Å²) in [4.78, 5) is 22.7. The Labute approximate surface area is 151 Å². The molecule has 0 aliphatic carbocycles. The fraction of sp³-hybridized carbons (Fsp3) is 0.375. The van der Waals surface area contributed by atoms with Crippen molar-refractivity contribution in [2.45, 2.75) is 37.6 Å². The van der Waals surface area contributed by atoms with Crippen LogP contribution < -0.4 is 10.4 Å². The maximum Gasteiger partial charge on any atom is 0.339 e. The Morgan fingerprint density at radius 2 is 1.74 bits per heavy atom. The van der Waals surface area contributed by atoms with Gasteiger partial charge in [0.05, 0.1) is 0 Å². The summed E-state index contributed by atoms with van der Waals surface area (Å²) in [5, 5.41) is 39.0. The van der Waals surface area contributed by atoms with Gasteiger partial charge in [-0.3, -0.25) is 0 Å². The molecule has 0 saturated carbocycles. The lowest BCUT2D eigenvalue weighted by Crippen LogP contribution is -2.61. The highest BCUT2D eigenvalue weighted by Crippen LogP contribution is 2.26. The normalized spacial score (nSPS) is 27.3. The quantitative estimate of drug-likeness (QED) is 0.417. The summed E-state index contributed by atoms with van der Waals surface area (Å²) in [5.41, 5.74) is 0.158. The Morgan fingerprint density at radius 1 is 1.07 bits per heavy atom. The molecule has 0 spiro atoms. The number of aryl methyl sites for hydroxylation is 1. The van der Waals surface area contributed by atoms with E-state index in [9.17, 15) is 24.9 Å². The second kappa shape index (κ2) is 8.43. The average Bonchev–Trinajstić information content (AvgIpc) is 2.56. The summed E-state index contributed by atoms with van der Waals surface area (Å²) >= 11 is 0. The van der Waals surface area contributed by atoms with Crippen molar-refractivity contribution in [1.29, 1.82) is 0 Å². The summed E-state index contributed by atoms with van der Waals surface area (Å²) in [6.45, 7) is 1.61. The third-order valence-corrected chi connectivity index (χ3v) is 3.95. The standard InChI is InChI=1S/C16H16O9.2H2O/c1-6-4-7-2-3-8(5-9(7)24-15(6)22)23-16-12(19)10(17)11(18)13(25-16)14(20)21;;/h2-5,10-13,16-19H,1H3,(H,20,21);2*1H2/t10-,11-,12+,13-,16+;;/m0../s1. The first-order chi connectivity index (χ1) is 11.8.